The zero-order valence-corrected chi connectivity index (χ0v) is 14.3. The van der Waals surface area contributed by atoms with Crippen LogP contribution in [0.4, 0.5) is 0 Å². The van der Waals surface area contributed by atoms with Crippen LogP contribution in [0.5, 0.6) is 0 Å². The molecular formula is C18H29ClN2. The first kappa shape index (κ1) is 16.8. The Balaban J connectivity index is 0.00000161. The van der Waals surface area contributed by atoms with Crippen molar-refractivity contribution in [1.29, 1.82) is 0 Å². The zero-order chi connectivity index (χ0) is 14.3. The monoisotopic (exact) mass is 308 g/mol. The highest BCUT2D eigenvalue weighted by atomic mass is 35.5. The fraction of sp³-hybridized carbons (Fsp3) is 0.667. The van der Waals surface area contributed by atoms with Crippen LogP contribution >= 0.6 is 12.4 Å². The third-order valence-corrected chi connectivity index (χ3v) is 5.21. The van der Waals surface area contributed by atoms with Gasteiger partial charge in [0.25, 0.3) is 0 Å². The van der Waals surface area contributed by atoms with Crippen molar-refractivity contribution in [3.05, 3.63) is 35.4 Å². The normalized spacial score (nSPS) is 29.2. The van der Waals surface area contributed by atoms with E-state index >= 15 is 0 Å². The van der Waals surface area contributed by atoms with Gasteiger partial charge in [0.1, 0.15) is 0 Å². The Kier molecular flexibility index (Phi) is 5.02. The summed E-state index contributed by atoms with van der Waals surface area (Å²) < 4.78 is 0. The first-order valence-corrected chi connectivity index (χ1v) is 8.01. The second-order valence-electron chi connectivity index (χ2n) is 7.81. The van der Waals surface area contributed by atoms with Crippen LogP contribution in [-0.4, -0.2) is 24.0 Å². The number of benzene rings is 1. The van der Waals surface area contributed by atoms with Gasteiger partial charge in [-0.1, -0.05) is 45.0 Å². The number of rotatable bonds is 2. The highest BCUT2D eigenvalue weighted by molar-refractivity contribution is 5.85. The summed E-state index contributed by atoms with van der Waals surface area (Å²) in [6.07, 6.45) is 2.58. The van der Waals surface area contributed by atoms with Crippen LogP contribution in [0, 0.1) is 11.8 Å². The number of nitrogens with two attached hydrogens (primary N) is 1. The number of hydrogen-bond donors (Lipinski definition) is 1. The van der Waals surface area contributed by atoms with E-state index in [0.29, 0.717) is 6.04 Å². The summed E-state index contributed by atoms with van der Waals surface area (Å²) in [5, 5.41) is 0. The van der Waals surface area contributed by atoms with E-state index in [0.717, 1.165) is 18.4 Å². The molecule has 1 saturated heterocycles. The molecule has 0 bridgehead atoms. The van der Waals surface area contributed by atoms with Gasteiger partial charge in [-0.15, -0.1) is 12.4 Å². The van der Waals surface area contributed by atoms with Gasteiger partial charge in [-0.3, -0.25) is 4.90 Å². The minimum absolute atomic E-state index is 0. The lowest BCUT2D eigenvalue weighted by Crippen LogP contribution is -2.30. The Morgan fingerprint density at radius 2 is 1.76 bits per heavy atom. The molecular weight excluding hydrogens is 280 g/mol. The van der Waals surface area contributed by atoms with Crippen molar-refractivity contribution in [1.82, 2.24) is 4.90 Å². The molecule has 1 aliphatic carbocycles. The topological polar surface area (TPSA) is 29.3 Å². The lowest BCUT2D eigenvalue weighted by Gasteiger charge is -2.21. The van der Waals surface area contributed by atoms with Gasteiger partial charge in [-0.2, -0.15) is 0 Å². The molecule has 3 heteroatoms. The van der Waals surface area contributed by atoms with Crippen molar-refractivity contribution < 1.29 is 0 Å². The van der Waals surface area contributed by atoms with E-state index in [4.69, 9.17) is 5.73 Å². The van der Waals surface area contributed by atoms with E-state index in [9.17, 15) is 0 Å². The van der Waals surface area contributed by atoms with Gasteiger partial charge in [0, 0.05) is 25.7 Å². The maximum atomic E-state index is 6.22. The average Bonchev–Trinajstić information content (AvgIpc) is 2.92. The van der Waals surface area contributed by atoms with Crippen LogP contribution in [0.3, 0.4) is 0 Å². The minimum atomic E-state index is 0. The van der Waals surface area contributed by atoms with Crippen LogP contribution in [0.2, 0.25) is 0 Å². The summed E-state index contributed by atoms with van der Waals surface area (Å²) in [4.78, 5) is 2.60. The Labute approximate surface area is 135 Å². The molecule has 21 heavy (non-hydrogen) atoms. The quantitative estimate of drug-likeness (QED) is 0.905. The molecule has 3 unspecified atom stereocenters. The zero-order valence-electron chi connectivity index (χ0n) is 13.5. The molecule has 3 rings (SSSR count). The third-order valence-electron chi connectivity index (χ3n) is 5.21. The number of fused-ring (bicyclic) bond motifs is 1. The van der Waals surface area contributed by atoms with E-state index in [2.05, 4.69) is 49.9 Å². The van der Waals surface area contributed by atoms with E-state index in [1.165, 1.54) is 37.1 Å². The molecule has 3 atom stereocenters. The summed E-state index contributed by atoms with van der Waals surface area (Å²) in [5.74, 6) is 1.61. The minimum Gasteiger partial charge on any atom is -0.327 e. The largest absolute Gasteiger partial charge is 0.327 e. The third kappa shape index (κ3) is 3.61. The van der Waals surface area contributed by atoms with E-state index in [-0.39, 0.29) is 17.8 Å². The van der Waals surface area contributed by atoms with Crippen molar-refractivity contribution in [3.63, 3.8) is 0 Å². The number of nitrogens with zero attached hydrogens (tertiary/aromatic N) is 1. The molecule has 2 fully saturated rings. The van der Waals surface area contributed by atoms with E-state index in [1.807, 2.05) is 0 Å². The lowest BCUT2D eigenvalue weighted by molar-refractivity contribution is 0.298. The highest BCUT2D eigenvalue weighted by Crippen LogP contribution is 2.37. The summed E-state index contributed by atoms with van der Waals surface area (Å²) in [6.45, 7) is 10.3. The second kappa shape index (κ2) is 6.28. The molecule has 1 saturated carbocycles. The Morgan fingerprint density at radius 3 is 2.33 bits per heavy atom. The molecule has 0 aromatic heterocycles. The van der Waals surface area contributed by atoms with Crippen LogP contribution < -0.4 is 5.73 Å². The molecule has 2 aliphatic rings. The molecule has 118 valence electrons. The molecule has 2 nitrogen and oxygen atoms in total. The van der Waals surface area contributed by atoms with Crippen molar-refractivity contribution in [2.45, 2.75) is 51.6 Å². The van der Waals surface area contributed by atoms with E-state index in [1.54, 1.807) is 0 Å². The van der Waals surface area contributed by atoms with Gasteiger partial charge in [-0.05, 0) is 41.2 Å². The fourth-order valence-corrected chi connectivity index (χ4v) is 3.90. The van der Waals surface area contributed by atoms with Crippen LogP contribution in [0.15, 0.2) is 24.3 Å². The summed E-state index contributed by atoms with van der Waals surface area (Å²) in [5.41, 5.74) is 9.32. The molecule has 1 aromatic carbocycles. The maximum Gasteiger partial charge on any atom is 0.0233 e. The summed E-state index contributed by atoms with van der Waals surface area (Å²) >= 11 is 0. The predicted molar refractivity (Wildman–Crippen MR) is 91.9 cm³/mol. The van der Waals surface area contributed by atoms with Crippen molar-refractivity contribution in [3.8, 4) is 0 Å². The number of likely N-dealkylation sites (tertiary alicyclic amines) is 1. The predicted octanol–water partition coefficient (Wildman–Crippen LogP) is 3.58. The number of halogens is 1. The first-order chi connectivity index (χ1) is 9.43. The second-order valence-corrected chi connectivity index (χ2v) is 7.81. The fourth-order valence-electron chi connectivity index (χ4n) is 3.90. The van der Waals surface area contributed by atoms with Crippen LogP contribution in [0.25, 0.3) is 0 Å². The van der Waals surface area contributed by atoms with E-state index < -0.39 is 0 Å². The maximum absolute atomic E-state index is 6.22. The molecule has 1 aliphatic heterocycles. The smallest absolute Gasteiger partial charge is 0.0233 e. The molecule has 0 spiro atoms. The summed E-state index contributed by atoms with van der Waals surface area (Å²) in [6, 6.07) is 9.63. The Morgan fingerprint density at radius 1 is 1.10 bits per heavy atom. The van der Waals surface area contributed by atoms with Crippen LogP contribution in [-0.2, 0) is 12.0 Å². The first-order valence-electron chi connectivity index (χ1n) is 8.01. The molecule has 0 amide bonds. The lowest BCUT2D eigenvalue weighted by atomic mass is 9.87. The van der Waals surface area contributed by atoms with Gasteiger partial charge < -0.3 is 5.73 Å². The number of hydrogen-bond acceptors (Lipinski definition) is 2. The Bertz CT molecular complexity index is 463. The summed E-state index contributed by atoms with van der Waals surface area (Å²) in [7, 11) is 0. The molecule has 1 aromatic rings. The molecule has 2 N–H and O–H groups in total. The van der Waals surface area contributed by atoms with Gasteiger partial charge in [0.15, 0.2) is 0 Å². The average molecular weight is 309 g/mol. The highest BCUT2D eigenvalue weighted by Gasteiger charge is 2.40. The van der Waals surface area contributed by atoms with Gasteiger partial charge in [0.05, 0.1) is 0 Å². The van der Waals surface area contributed by atoms with Gasteiger partial charge in [-0.25, -0.2) is 0 Å². The van der Waals surface area contributed by atoms with Gasteiger partial charge in [0.2, 0.25) is 0 Å². The van der Waals surface area contributed by atoms with Gasteiger partial charge >= 0.3 is 0 Å². The SMILES string of the molecule is CC(C)(C)c1ccc(CN2CC3CCC(N)C3C2)cc1.Cl. The molecule has 0 radical (unpaired) electrons. The standard InChI is InChI=1S/C18H28N2.ClH/c1-18(2,3)15-7-4-13(5-8-15)10-20-11-14-6-9-17(19)16(14)12-20;/h4-5,7-8,14,16-17H,6,9-12,19H2,1-3H3;1H. The molecule has 1 heterocycles. The van der Waals surface area contributed by atoms with Crippen LogP contribution in [0.1, 0.15) is 44.7 Å². The van der Waals surface area contributed by atoms with Crippen molar-refractivity contribution >= 4 is 12.4 Å². The Hall–Kier alpha value is -0.570. The van der Waals surface area contributed by atoms with Crippen molar-refractivity contribution in [2.24, 2.45) is 17.6 Å². The van der Waals surface area contributed by atoms with Crippen molar-refractivity contribution in [2.75, 3.05) is 13.1 Å².